The Morgan fingerprint density at radius 2 is 1.70 bits per heavy atom. The molecular weight excluding hydrogens is 272 g/mol. The second-order valence-corrected chi connectivity index (χ2v) is 12.5. The number of amides is 1. The zero-order valence-corrected chi connectivity index (χ0v) is 15.3. The van der Waals surface area contributed by atoms with Gasteiger partial charge >= 0.3 is 6.09 Å². The van der Waals surface area contributed by atoms with Crippen LogP contribution in [-0.4, -0.2) is 39.2 Å². The van der Waals surface area contributed by atoms with Gasteiger partial charge in [0.2, 0.25) is 0 Å². The van der Waals surface area contributed by atoms with Crippen molar-refractivity contribution in [1.29, 1.82) is 0 Å². The molecule has 6 heteroatoms. The molecule has 0 radical (unpaired) electrons. The van der Waals surface area contributed by atoms with Crippen LogP contribution in [0.2, 0.25) is 18.1 Å². The number of nitrogens with one attached hydrogen (secondary N) is 1. The Labute approximate surface area is 124 Å². The maximum absolute atomic E-state index is 11.7. The van der Waals surface area contributed by atoms with E-state index in [-0.39, 0.29) is 11.1 Å². The van der Waals surface area contributed by atoms with E-state index in [0.717, 1.165) is 0 Å². The van der Waals surface area contributed by atoms with Gasteiger partial charge in [0.15, 0.2) is 8.32 Å². The van der Waals surface area contributed by atoms with Crippen molar-refractivity contribution in [2.75, 3.05) is 13.2 Å². The molecule has 0 aromatic carbocycles. The van der Waals surface area contributed by atoms with Crippen molar-refractivity contribution < 1.29 is 14.0 Å². The van der Waals surface area contributed by atoms with Crippen molar-refractivity contribution in [1.82, 2.24) is 5.32 Å². The molecule has 0 spiro atoms. The van der Waals surface area contributed by atoms with Crippen LogP contribution in [0.4, 0.5) is 4.79 Å². The summed E-state index contributed by atoms with van der Waals surface area (Å²) in [6.45, 7) is 17.1. The molecule has 0 bridgehead atoms. The predicted molar refractivity (Wildman–Crippen MR) is 85.4 cm³/mol. The summed E-state index contributed by atoms with van der Waals surface area (Å²) in [4.78, 5) is 11.7. The number of alkyl carbamates (subject to hydrolysis) is 1. The molecule has 0 saturated heterocycles. The third-order valence-electron chi connectivity index (χ3n) is 3.46. The summed E-state index contributed by atoms with van der Waals surface area (Å²) in [6, 6.07) is -0.223. The van der Waals surface area contributed by atoms with Crippen LogP contribution in [0, 0.1) is 0 Å². The monoisotopic (exact) mass is 304 g/mol. The minimum absolute atomic E-state index is 0.137. The molecule has 0 aliphatic rings. The maximum atomic E-state index is 11.7. The standard InChI is InChI=1S/C14H32N2O3Si/c1-13(2,3)19-12(17)16-11(9-15)10-18-20(7,8)14(4,5)6/h11H,9-10,15H2,1-8H3,(H,16,17). The van der Waals surface area contributed by atoms with Gasteiger partial charge in [-0.3, -0.25) is 0 Å². The highest BCUT2D eigenvalue weighted by Crippen LogP contribution is 2.36. The summed E-state index contributed by atoms with van der Waals surface area (Å²) in [5.74, 6) is 0. The largest absolute Gasteiger partial charge is 0.444 e. The zero-order chi connectivity index (χ0) is 16.2. The lowest BCUT2D eigenvalue weighted by Crippen LogP contribution is -2.49. The van der Waals surface area contributed by atoms with Crippen molar-refractivity contribution in [3.8, 4) is 0 Å². The molecular formula is C14H32N2O3Si. The molecule has 0 rings (SSSR count). The quantitative estimate of drug-likeness (QED) is 0.766. The van der Waals surface area contributed by atoms with E-state index in [1.807, 2.05) is 20.8 Å². The third-order valence-corrected chi connectivity index (χ3v) is 7.96. The van der Waals surface area contributed by atoms with Gasteiger partial charge < -0.3 is 20.2 Å². The van der Waals surface area contributed by atoms with E-state index >= 15 is 0 Å². The second kappa shape index (κ2) is 6.91. The second-order valence-electron chi connectivity index (χ2n) is 7.65. The van der Waals surface area contributed by atoms with Gasteiger partial charge in [0.05, 0.1) is 12.6 Å². The van der Waals surface area contributed by atoms with Gasteiger partial charge in [-0.15, -0.1) is 0 Å². The average Bonchev–Trinajstić information content (AvgIpc) is 2.19. The number of nitrogens with two attached hydrogens (primary N) is 1. The fourth-order valence-electron chi connectivity index (χ4n) is 1.17. The first kappa shape index (κ1) is 19.4. The summed E-state index contributed by atoms with van der Waals surface area (Å²) in [7, 11) is -1.83. The first-order chi connectivity index (χ1) is 8.78. The van der Waals surface area contributed by atoms with Crippen molar-refractivity contribution in [3.05, 3.63) is 0 Å². The van der Waals surface area contributed by atoms with Crippen molar-refractivity contribution in [3.63, 3.8) is 0 Å². The lowest BCUT2D eigenvalue weighted by atomic mass is 10.2. The van der Waals surface area contributed by atoms with Crippen LogP contribution in [0.5, 0.6) is 0 Å². The van der Waals surface area contributed by atoms with E-state index in [0.29, 0.717) is 13.2 Å². The van der Waals surface area contributed by atoms with E-state index in [2.05, 4.69) is 39.2 Å². The van der Waals surface area contributed by atoms with Crippen LogP contribution < -0.4 is 11.1 Å². The van der Waals surface area contributed by atoms with Gasteiger partial charge in [-0.2, -0.15) is 0 Å². The molecule has 0 fully saturated rings. The summed E-state index contributed by atoms with van der Waals surface area (Å²) < 4.78 is 11.3. The molecule has 1 unspecified atom stereocenters. The van der Waals surface area contributed by atoms with E-state index in [9.17, 15) is 4.79 Å². The van der Waals surface area contributed by atoms with Crippen LogP contribution in [0.25, 0.3) is 0 Å². The maximum Gasteiger partial charge on any atom is 0.407 e. The highest BCUT2D eigenvalue weighted by atomic mass is 28.4. The van der Waals surface area contributed by atoms with Gasteiger partial charge in [0, 0.05) is 6.54 Å². The summed E-state index contributed by atoms with van der Waals surface area (Å²) in [5, 5.41) is 2.90. The Bertz CT molecular complexity index is 319. The minimum atomic E-state index is -1.83. The average molecular weight is 305 g/mol. The topological polar surface area (TPSA) is 73.6 Å². The Morgan fingerprint density at radius 1 is 1.20 bits per heavy atom. The number of hydrogen-bond donors (Lipinski definition) is 2. The molecule has 0 saturated carbocycles. The number of carbonyl (C=O) groups is 1. The Hall–Kier alpha value is -0.593. The molecule has 5 nitrogen and oxygen atoms in total. The van der Waals surface area contributed by atoms with Crippen LogP contribution in [0.3, 0.4) is 0 Å². The predicted octanol–water partition coefficient (Wildman–Crippen LogP) is 2.86. The van der Waals surface area contributed by atoms with E-state index < -0.39 is 20.0 Å². The lowest BCUT2D eigenvalue weighted by Gasteiger charge is -2.37. The smallest absolute Gasteiger partial charge is 0.407 e. The molecule has 20 heavy (non-hydrogen) atoms. The zero-order valence-electron chi connectivity index (χ0n) is 14.3. The fraction of sp³-hybridized carbons (Fsp3) is 0.929. The number of ether oxygens (including phenoxy) is 1. The summed E-state index contributed by atoms with van der Waals surface area (Å²) in [5.41, 5.74) is 5.18. The first-order valence-electron chi connectivity index (χ1n) is 7.12. The third kappa shape index (κ3) is 7.26. The SMILES string of the molecule is CC(C)(C)OC(=O)NC(CN)CO[Si](C)(C)C(C)(C)C. The minimum Gasteiger partial charge on any atom is -0.444 e. The Kier molecular flexibility index (Phi) is 6.71. The molecule has 0 aliphatic heterocycles. The van der Waals surface area contributed by atoms with Gasteiger partial charge in [-0.05, 0) is 38.9 Å². The molecule has 3 N–H and O–H groups in total. The number of hydrogen-bond acceptors (Lipinski definition) is 4. The highest BCUT2D eigenvalue weighted by Gasteiger charge is 2.37. The number of carbonyl (C=O) groups excluding carboxylic acids is 1. The molecule has 0 aromatic heterocycles. The van der Waals surface area contributed by atoms with Crippen LogP contribution in [0.15, 0.2) is 0 Å². The number of rotatable bonds is 5. The molecule has 0 heterocycles. The normalized spacial score (nSPS) is 14.8. The Morgan fingerprint density at radius 3 is 2.05 bits per heavy atom. The van der Waals surface area contributed by atoms with Crippen LogP contribution in [0.1, 0.15) is 41.5 Å². The van der Waals surface area contributed by atoms with Crippen molar-refractivity contribution >= 4 is 14.4 Å². The first-order valence-corrected chi connectivity index (χ1v) is 10.0. The van der Waals surface area contributed by atoms with Gasteiger partial charge in [-0.1, -0.05) is 20.8 Å². The van der Waals surface area contributed by atoms with Crippen LogP contribution in [-0.2, 0) is 9.16 Å². The van der Waals surface area contributed by atoms with Gasteiger partial charge in [0.1, 0.15) is 5.60 Å². The van der Waals surface area contributed by atoms with E-state index in [1.165, 1.54) is 0 Å². The fourth-order valence-corrected chi connectivity index (χ4v) is 2.22. The molecule has 0 aliphatic carbocycles. The van der Waals surface area contributed by atoms with Crippen molar-refractivity contribution in [2.24, 2.45) is 5.73 Å². The summed E-state index contributed by atoms with van der Waals surface area (Å²) in [6.07, 6.45) is -0.452. The Balaban J connectivity index is 4.41. The van der Waals surface area contributed by atoms with Gasteiger partial charge in [-0.25, -0.2) is 4.79 Å². The summed E-state index contributed by atoms with van der Waals surface area (Å²) >= 11 is 0. The van der Waals surface area contributed by atoms with Gasteiger partial charge in [0.25, 0.3) is 0 Å². The van der Waals surface area contributed by atoms with Crippen molar-refractivity contribution in [2.45, 2.75) is 71.3 Å². The molecule has 0 aromatic rings. The highest BCUT2D eigenvalue weighted by molar-refractivity contribution is 6.74. The van der Waals surface area contributed by atoms with E-state index in [1.54, 1.807) is 0 Å². The molecule has 1 amide bonds. The lowest BCUT2D eigenvalue weighted by molar-refractivity contribution is 0.0488. The molecule has 1 atom stereocenters. The molecule has 120 valence electrons. The van der Waals surface area contributed by atoms with E-state index in [4.69, 9.17) is 14.9 Å². The van der Waals surface area contributed by atoms with Crippen LogP contribution >= 0.6 is 0 Å².